The van der Waals surface area contributed by atoms with Gasteiger partial charge >= 0.3 is 0 Å². The van der Waals surface area contributed by atoms with Crippen molar-refractivity contribution in [3.8, 4) is 5.75 Å². The highest BCUT2D eigenvalue weighted by molar-refractivity contribution is 6.02. The second-order valence-corrected chi connectivity index (χ2v) is 10.1. The first-order chi connectivity index (χ1) is 16.1. The maximum Gasteiger partial charge on any atom is 0.256 e. The van der Waals surface area contributed by atoms with E-state index < -0.39 is 11.7 Å². The van der Waals surface area contributed by atoms with E-state index in [1.807, 2.05) is 79.7 Å². The third-order valence-corrected chi connectivity index (χ3v) is 6.51. The Hall–Kier alpha value is -3.60. The zero-order chi connectivity index (χ0) is 24.5. The predicted molar refractivity (Wildman–Crippen MR) is 133 cm³/mol. The van der Waals surface area contributed by atoms with Gasteiger partial charge in [0.25, 0.3) is 11.8 Å². The molecule has 1 heterocycles. The molecule has 0 spiro atoms. The number of rotatable bonds is 5. The first kappa shape index (κ1) is 23.6. The van der Waals surface area contributed by atoms with Crippen LogP contribution in [0.4, 0.5) is 0 Å². The van der Waals surface area contributed by atoms with Gasteiger partial charge in [0, 0.05) is 18.0 Å². The van der Waals surface area contributed by atoms with Gasteiger partial charge in [-0.15, -0.1) is 0 Å². The van der Waals surface area contributed by atoms with Gasteiger partial charge in [0.05, 0.1) is 0 Å². The van der Waals surface area contributed by atoms with Crippen LogP contribution in [0.25, 0.3) is 0 Å². The Morgan fingerprint density at radius 1 is 0.912 bits per heavy atom. The number of carbonyl (C=O) groups is 2. The summed E-state index contributed by atoms with van der Waals surface area (Å²) in [5.41, 5.74) is 0.920. The highest BCUT2D eigenvalue weighted by Gasteiger charge is 2.59. The van der Waals surface area contributed by atoms with E-state index >= 15 is 0 Å². The van der Waals surface area contributed by atoms with E-state index in [2.05, 4.69) is 20.8 Å². The standard InChI is InChI=1S/C29H32N2O3/c1-28(2,3)26-30(5)27(33)29(4,31(26)25(32)22-14-10-7-11-15-22)23-16-18-24(19-17-23)34-20-21-12-8-6-9-13-21/h6-19,26H,20H2,1-5H3/t26-,29+/m1/s1. The maximum atomic E-state index is 13.8. The minimum absolute atomic E-state index is 0.102. The molecule has 5 heteroatoms. The lowest BCUT2D eigenvalue weighted by Crippen LogP contribution is -2.53. The van der Waals surface area contributed by atoms with Crippen molar-refractivity contribution >= 4 is 11.8 Å². The third-order valence-electron chi connectivity index (χ3n) is 6.51. The largest absolute Gasteiger partial charge is 0.489 e. The minimum Gasteiger partial charge on any atom is -0.489 e. The Labute approximate surface area is 202 Å². The van der Waals surface area contributed by atoms with Gasteiger partial charge in [-0.2, -0.15) is 0 Å². The lowest BCUT2D eigenvalue weighted by atomic mass is 9.86. The van der Waals surface area contributed by atoms with Gasteiger partial charge in [0.2, 0.25) is 0 Å². The summed E-state index contributed by atoms with van der Waals surface area (Å²) in [6.07, 6.45) is -0.397. The Morgan fingerprint density at radius 3 is 2.03 bits per heavy atom. The summed E-state index contributed by atoms with van der Waals surface area (Å²) in [6, 6.07) is 26.7. The first-order valence-corrected chi connectivity index (χ1v) is 11.6. The number of likely N-dealkylation sites (N-methyl/N-ethyl adjacent to an activating group) is 1. The van der Waals surface area contributed by atoms with Crippen LogP contribution >= 0.6 is 0 Å². The molecule has 4 rings (SSSR count). The fourth-order valence-corrected chi connectivity index (χ4v) is 4.86. The van der Waals surface area contributed by atoms with Gasteiger partial charge in [0.1, 0.15) is 24.1 Å². The van der Waals surface area contributed by atoms with E-state index in [9.17, 15) is 9.59 Å². The van der Waals surface area contributed by atoms with Gasteiger partial charge in [-0.25, -0.2) is 0 Å². The van der Waals surface area contributed by atoms with Crippen molar-refractivity contribution in [3.63, 3.8) is 0 Å². The number of hydrogen-bond acceptors (Lipinski definition) is 3. The molecule has 3 aromatic rings. The SMILES string of the molecule is CN1C(=O)[C@](C)(c2ccc(OCc3ccccc3)cc2)N(C(=O)c2ccccc2)[C@@H]1C(C)(C)C. The molecule has 0 radical (unpaired) electrons. The number of benzene rings is 3. The fraction of sp³-hybridized carbons (Fsp3) is 0.310. The van der Waals surface area contributed by atoms with Crippen LogP contribution in [0, 0.1) is 5.41 Å². The summed E-state index contributed by atoms with van der Waals surface area (Å²) >= 11 is 0. The van der Waals surface area contributed by atoms with E-state index in [1.165, 1.54) is 0 Å². The molecule has 5 nitrogen and oxygen atoms in total. The number of amides is 2. The van der Waals surface area contributed by atoms with E-state index in [0.29, 0.717) is 17.9 Å². The predicted octanol–water partition coefficient (Wildman–Crippen LogP) is 5.47. The molecular weight excluding hydrogens is 424 g/mol. The monoisotopic (exact) mass is 456 g/mol. The molecule has 1 saturated heterocycles. The number of carbonyl (C=O) groups excluding carboxylic acids is 2. The number of nitrogens with zero attached hydrogens (tertiary/aromatic N) is 2. The molecule has 0 N–H and O–H groups in total. The summed E-state index contributed by atoms with van der Waals surface area (Å²) in [5, 5.41) is 0. The number of hydrogen-bond donors (Lipinski definition) is 0. The van der Waals surface area contributed by atoms with Gasteiger partial charge < -0.3 is 9.64 Å². The smallest absolute Gasteiger partial charge is 0.256 e. The Kier molecular flexibility index (Phi) is 6.22. The lowest BCUT2D eigenvalue weighted by Gasteiger charge is -2.42. The van der Waals surface area contributed by atoms with Gasteiger partial charge in [0.15, 0.2) is 0 Å². The van der Waals surface area contributed by atoms with Crippen LogP contribution in [0.2, 0.25) is 0 Å². The zero-order valence-electron chi connectivity index (χ0n) is 20.5. The van der Waals surface area contributed by atoms with Crippen molar-refractivity contribution in [1.82, 2.24) is 9.80 Å². The van der Waals surface area contributed by atoms with Gasteiger partial charge in [-0.05, 0) is 42.3 Å². The quantitative estimate of drug-likeness (QED) is 0.512. The Bertz CT molecular complexity index is 1150. The van der Waals surface area contributed by atoms with Gasteiger partial charge in [-0.3, -0.25) is 14.5 Å². The lowest BCUT2D eigenvalue weighted by molar-refractivity contribution is -0.133. The Balaban J connectivity index is 1.70. The molecule has 2 amide bonds. The number of ether oxygens (including phenoxy) is 1. The van der Waals surface area contributed by atoms with E-state index in [-0.39, 0.29) is 17.2 Å². The van der Waals surface area contributed by atoms with Crippen LogP contribution in [-0.2, 0) is 16.9 Å². The van der Waals surface area contributed by atoms with Crippen molar-refractivity contribution in [2.75, 3.05) is 7.05 Å². The fourth-order valence-electron chi connectivity index (χ4n) is 4.86. The average molecular weight is 457 g/mol. The molecule has 0 aliphatic carbocycles. The molecule has 176 valence electrons. The van der Waals surface area contributed by atoms with Crippen molar-refractivity contribution in [3.05, 3.63) is 102 Å². The molecule has 3 aromatic carbocycles. The molecule has 0 bridgehead atoms. The molecule has 0 aromatic heterocycles. The van der Waals surface area contributed by atoms with E-state index in [0.717, 1.165) is 11.1 Å². The molecule has 34 heavy (non-hydrogen) atoms. The van der Waals surface area contributed by atoms with Crippen LogP contribution in [0.15, 0.2) is 84.9 Å². The molecule has 2 atom stereocenters. The highest BCUT2D eigenvalue weighted by Crippen LogP contribution is 2.45. The van der Waals surface area contributed by atoms with Crippen LogP contribution < -0.4 is 4.74 Å². The topological polar surface area (TPSA) is 49.9 Å². The Morgan fingerprint density at radius 2 is 1.47 bits per heavy atom. The van der Waals surface area contributed by atoms with E-state index in [1.54, 1.807) is 29.0 Å². The third kappa shape index (κ3) is 4.18. The normalized spacial score (nSPS) is 20.5. The van der Waals surface area contributed by atoms with Crippen molar-refractivity contribution in [2.24, 2.45) is 5.41 Å². The second kappa shape index (κ2) is 8.98. The molecular formula is C29H32N2O3. The summed E-state index contributed by atoms with van der Waals surface area (Å²) in [5.74, 6) is 0.447. The van der Waals surface area contributed by atoms with Crippen molar-refractivity contribution < 1.29 is 14.3 Å². The summed E-state index contributed by atoms with van der Waals surface area (Å²) in [6.45, 7) is 8.47. The maximum absolute atomic E-state index is 13.8. The molecule has 1 aliphatic heterocycles. The molecule has 1 aliphatic rings. The van der Waals surface area contributed by atoms with Gasteiger partial charge in [-0.1, -0.05) is 81.4 Å². The van der Waals surface area contributed by atoms with Crippen molar-refractivity contribution in [1.29, 1.82) is 0 Å². The second-order valence-electron chi connectivity index (χ2n) is 10.1. The molecule has 1 fully saturated rings. The van der Waals surface area contributed by atoms with Crippen LogP contribution in [0.3, 0.4) is 0 Å². The summed E-state index contributed by atoms with van der Waals surface area (Å²) in [7, 11) is 1.78. The minimum atomic E-state index is -1.14. The molecule has 0 saturated carbocycles. The zero-order valence-corrected chi connectivity index (χ0v) is 20.5. The van der Waals surface area contributed by atoms with Crippen LogP contribution in [-0.4, -0.2) is 34.8 Å². The summed E-state index contributed by atoms with van der Waals surface area (Å²) < 4.78 is 5.93. The average Bonchev–Trinajstić information content (AvgIpc) is 3.05. The molecule has 0 unspecified atom stereocenters. The van der Waals surface area contributed by atoms with Crippen LogP contribution in [0.5, 0.6) is 5.75 Å². The van der Waals surface area contributed by atoms with Crippen LogP contribution in [0.1, 0.15) is 49.2 Å². The van der Waals surface area contributed by atoms with E-state index in [4.69, 9.17) is 4.74 Å². The first-order valence-electron chi connectivity index (χ1n) is 11.6. The van der Waals surface area contributed by atoms with Crippen molar-refractivity contribution in [2.45, 2.75) is 46.0 Å². The highest BCUT2D eigenvalue weighted by atomic mass is 16.5. The summed E-state index contributed by atoms with van der Waals surface area (Å²) in [4.78, 5) is 31.0.